The normalized spacial score (nSPS) is 19.0. The number of likely N-dealkylation sites (tertiary alicyclic amines) is 1. The minimum atomic E-state index is -0.699. The van der Waals surface area contributed by atoms with E-state index in [0.717, 1.165) is 44.6 Å². The number of nitrogens with zero attached hydrogens (tertiary/aromatic N) is 1. The van der Waals surface area contributed by atoms with Gasteiger partial charge in [0.25, 0.3) is 0 Å². The lowest BCUT2D eigenvalue weighted by Crippen LogP contribution is -2.35. The zero-order chi connectivity index (χ0) is 16.8. The number of carboxylic acids is 1. The quantitative estimate of drug-likeness (QED) is 0.808. The van der Waals surface area contributed by atoms with Crippen LogP contribution in [0.25, 0.3) is 0 Å². The highest BCUT2D eigenvalue weighted by atomic mass is 35.5. The van der Waals surface area contributed by atoms with Crippen molar-refractivity contribution in [2.45, 2.75) is 52.2 Å². The van der Waals surface area contributed by atoms with Gasteiger partial charge in [-0.25, -0.2) is 0 Å². The molecular weight excluding hydrogens is 314 g/mol. The second-order valence-electron chi connectivity index (χ2n) is 6.61. The van der Waals surface area contributed by atoms with Gasteiger partial charge in [-0.15, -0.1) is 0 Å². The summed E-state index contributed by atoms with van der Waals surface area (Å²) in [7, 11) is 0. The first-order chi connectivity index (χ1) is 10.9. The van der Waals surface area contributed by atoms with Crippen LogP contribution in [-0.4, -0.2) is 35.2 Å². The van der Waals surface area contributed by atoms with Crippen LogP contribution in [0.4, 0.5) is 0 Å². The van der Waals surface area contributed by atoms with Gasteiger partial charge in [-0.2, -0.15) is 0 Å². The molecule has 1 aromatic carbocycles. The highest BCUT2D eigenvalue weighted by Gasteiger charge is 2.20. The second-order valence-corrected chi connectivity index (χ2v) is 7.01. The first kappa shape index (κ1) is 18.1. The highest BCUT2D eigenvalue weighted by Crippen LogP contribution is 2.28. The van der Waals surface area contributed by atoms with Crippen molar-refractivity contribution in [3.8, 4) is 5.75 Å². The summed E-state index contributed by atoms with van der Waals surface area (Å²) in [6, 6.07) is 5.97. The topological polar surface area (TPSA) is 49.8 Å². The molecule has 2 rings (SSSR count). The van der Waals surface area contributed by atoms with Crippen LogP contribution in [0.1, 0.15) is 45.1 Å². The third-order valence-corrected chi connectivity index (χ3v) is 4.43. The largest absolute Gasteiger partial charge is 0.489 e. The molecule has 1 fully saturated rings. The number of carbonyl (C=O) groups is 1. The number of carboxylic acid groups (broad SMARTS) is 1. The lowest BCUT2D eigenvalue weighted by atomic mass is 9.93. The molecule has 0 radical (unpaired) electrons. The van der Waals surface area contributed by atoms with Gasteiger partial charge in [0.1, 0.15) is 5.75 Å². The SMILES string of the molecule is CC(C)Oc1ccc(CN2CCCC(CCC(=O)O)C2)cc1Cl. The molecule has 1 atom stereocenters. The Balaban J connectivity index is 1.90. The van der Waals surface area contributed by atoms with E-state index >= 15 is 0 Å². The molecule has 0 spiro atoms. The molecule has 1 saturated heterocycles. The van der Waals surface area contributed by atoms with E-state index in [0.29, 0.717) is 10.9 Å². The van der Waals surface area contributed by atoms with Crippen LogP contribution in [-0.2, 0) is 11.3 Å². The van der Waals surface area contributed by atoms with Crippen LogP contribution in [0, 0.1) is 5.92 Å². The summed E-state index contributed by atoms with van der Waals surface area (Å²) in [6.07, 6.45) is 3.41. The van der Waals surface area contributed by atoms with Crippen molar-refractivity contribution < 1.29 is 14.6 Å². The minimum Gasteiger partial charge on any atom is -0.489 e. The molecule has 0 amide bonds. The van der Waals surface area contributed by atoms with Crippen molar-refractivity contribution >= 4 is 17.6 Å². The molecule has 1 aliphatic heterocycles. The first-order valence-corrected chi connectivity index (χ1v) is 8.71. The lowest BCUT2D eigenvalue weighted by Gasteiger charge is -2.32. The molecule has 23 heavy (non-hydrogen) atoms. The van der Waals surface area contributed by atoms with E-state index in [1.54, 1.807) is 0 Å². The third kappa shape index (κ3) is 6.04. The van der Waals surface area contributed by atoms with E-state index in [1.807, 2.05) is 26.0 Å². The fourth-order valence-corrected chi connectivity index (χ4v) is 3.36. The Labute approximate surface area is 143 Å². The standard InChI is InChI=1S/C18H26ClNO3/c1-13(2)23-17-7-5-15(10-16(17)19)12-20-9-3-4-14(11-20)6-8-18(21)22/h5,7,10,13-14H,3-4,6,8-9,11-12H2,1-2H3,(H,21,22). The van der Waals surface area contributed by atoms with Gasteiger partial charge in [-0.3, -0.25) is 9.69 Å². The Kier molecular flexibility index (Phi) is 6.72. The van der Waals surface area contributed by atoms with Gasteiger partial charge in [-0.05, 0) is 63.3 Å². The van der Waals surface area contributed by atoms with Crippen molar-refractivity contribution in [3.05, 3.63) is 28.8 Å². The Morgan fingerprint density at radius 3 is 2.91 bits per heavy atom. The molecule has 4 nitrogen and oxygen atoms in total. The monoisotopic (exact) mass is 339 g/mol. The fourth-order valence-electron chi connectivity index (χ4n) is 3.11. The number of aliphatic carboxylic acids is 1. The van der Waals surface area contributed by atoms with Crippen LogP contribution in [0.3, 0.4) is 0 Å². The van der Waals surface area contributed by atoms with Gasteiger partial charge in [0, 0.05) is 19.5 Å². The lowest BCUT2D eigenvalue weighted by molar-refractivity contribution is -0.137. The maximum Gasteiger partial charge on any atom is 0.303 e. The molecule has 0 aromatic heterocycles. The van der Waals surface area contributed by atoms with Crippen LogP contribution in [0.2, 0.25) is 5.02 Å². The molecule has 128 valence electrons. The Bertz CT molecular complexity index is 533. The maximum absolute atomic E-state index is 10.7. The average molecular weight is 340 g/mol. The molecule has 1 heterocycles. The van der Waals surface area contributed by atoms with Gasteiger partial charge in [-0.1, -0.05) is 17.7 Å². The van der Waals surface area contributed by atoms with Crippen LogP contribution < -0.4 is 4.74 Å². The van der Waals surface area contributed by atoms with Crippen molar-refractivity contribution in [1.29, 1.82) is 0 Å². The number of piperidine rings is 1. The smallest absolute Gasteiger partial charge is 0.303 e. The van der Waals surface area contributed by atoms with Crippen molar-refractivity contribution in [2.24, 2.45) is 5.92 Å². The predicted molar refractivity (Wildman–Crippen MR) is 92.1 cm³/mol. The van der Waals surface area contributed by atoms with E-state index in [9.17, 15) is 4.79 Å². The summed E-state index contributed by atoms with van der Waals surface area (Å²) < 4.78 is 5.66. The van der Waals surface area contributed by atoms with Crippen LogP contribution >= 0.6 is 11.6 Å². The van der Waals surface area contributed by atoms with E-state index in [1.165, 1.54) is 5.56 Å². The number of ether oxygens (including phenoxy) is 1. The number of rotatable bonds is 7. The summed E-state index contributed by atoms with van der Waals surface area (Å²) in [5.74, 6) is 0.511. The molecule has 0 aliphatic carbocycles. The molecular formula is C18H26ClNO3. The van der Waals surface area contributed by atoms with Crippen LogP contribution in [0.15, 0.2) is 18.2 Å². The summed E-state index contributed by atoms with van der Waals surface area (Å²) in [5, 5.41) is 9.47. The molecule has 1 aliphatic rings. The van der Waals surface area contributed by atoms with E-state index in [4.69, 9.17) is 21.4 Å². The van der Waals surface area contributed by atoms with Crippen molar-refractivity contribution in [3.63, 3.8) is 0 Å². The Morgan fingerprint density at radius 2 is 2.26 bits per heavy atom. The maximum atomic E-state index is 10.7. The highest BCUT2D eigenvalue weighted by molar-refractivity contribution is 6.32. The number of hydrogen-bond donors (Lipinski definition) is 1. The Hall–Kier alpha value is -1.26. The van der Waals surface area contributed by atoms with Crippen molar-refractivity contribution in [1.82, 2.24) is 4.90 Å². The second kappa shape index (κ2) is 8.55. The summed E-state index contributed by atoms with van der Waals surface area (Å²) in [5.41, 5.74) is 1.17. The van der Waals surface area contributed by atoms with Crippen molar-refractivity contribution in [2.75, 3.05) is 13.1 Å². The molecule has 0 bridgehead atoms. The van der Waals surface area contributed by atoms with E-state index < -0.39 is 5.97 Å². The predicted octanol–water partition coefficient (Wildman–Crippen LogP) is 4.20. The zero-order valence-electron chi connectivity index (χ0n) is 13.9. The molecule has 1 unspecified atom stereocenters. The fraction of sp³-hybridized carbons (Fsp3) is 0.611. The van der Waals surface area contributed by atoms with Gasteiger partial charge in [0.05, 0.1) is 11.1 Å². The third-order valence-electron chi connectivity index (χ3n) is 4.13. The van der Waals surface area contributed by atoms with Crippen LogP contribution in [0.5, 0.6) is 5.75 Å². The van der Waals surface area contributed by atoms with Gasteiger partial charge in [0.15, 0.2) is 0 Å². The zero-order valence-corrected chi connectivity index (χ0v) is 14.7. The minimum absolute atomic E-state index is 0.107. The van der Waals surface area contributed by atoms with Gasteiger partial charge < -0.3 is 9.84 Å². The van der Waals surface area contributed by atoms with E-state index in [-0.39, 0.29) is 12.5 Å². The number of hydrogen-bond acceptors (Lipinski definition) is 3. The molecule has 1 aromatic rings. The summed E-state index contributed by atoms with van der Waals surface area (Å²) in [4.78, 5) is 13.1. The van der Waals surface area contributed by atoms with E-state index in [2.05, 4.69) is 11.0 Å². The average Bonchev–Trinajstić information content (AvgIpc) is 2.48. The summed E-state index contributed by atoms with van der Waals surface area (Å²) in [6.45, 7) is 6.84. The number of halogens is 1. The number of benzene rings is 1. The molecule has 0 saturated carbocycles. The molecule has 1 N–H and O–H groups in total. The van der Waals surface area contributed by atoms with Gasteiger partial charge in [0.2, 0.25) is 0 Å². The Morgan fingerprint density at radius 1 is 1.48 bits per heavy atom. The summed E-state index contributed by atoms with van der Waals surface area (Å²) >= 11 is 6.30. The first-order valence-electron chi connectivity index (χ1n) is 8.33. The molecule has 5 heteroatoms. The van der Waals surface area contributed by atoms with Gasteiger partial charge >= 0.3 is 5.97 Å².